The number of benzene rings is 2. The number of nitrogens with one attached hydrogen (secondary N) is 2. The number of amides is 2. The molecule has 3 rings (SSSR count). The van der Waals surface area contributed by atoms with Gasteiger partial charge in [0.1, 0.15) is 12.4 Å². The van der Waals surface area contributed by atoms with Crippen LogP contribution in [0.15, 0.2) is 40.9 Å². The van der Waals surface area contributed by atoms with Gasteiger partial charge in [0.15, 0.2) is 0 Å². The van der Waals surface area contributed by atoms with Crippen LogP contribution in [-0.2, 0) is 4.79 Å². The lowest BCUT2D eigenvalue weighted by Crippen LogP contribution is -2.33. The first-order valence-corrected chi connectivity index (χ1v) is 8.78. The summed E-state index contributed by atoms with van der Waals surface area (Å²) in [5, 5.41) is 5.99. The molecular formula is C18H16BrClN2O3. The summed E-state index contributed by atoms with van der Waals surface area (Å²) >= 11 is 9.41. The Balaban J connectivity index is 1.84. The molecular weight excluding hydrogens is 408 g/mol. The minimum absolute atomic E-state index is 0.107. The Labute approximate surface area is 158 Å². The third-order valence-electron chi connectivity index (χ3n) is 3.86. The van der Waals surface area contributed by atoms with E-state index >= 15 is 0 Å². The van der Waals surface area contributed by atoms with Crippen LogP contribution in [-0.4, -0.2) is 18.4 Å². The lowest BCUT2D eigenvalue weighted by atomic mass is 9.94. The smallest absolute Gasteiger partial charge is 0.257 e. The summed E-state index contributed by atoms with van der Waals surface area (Å²) in [6.07, 6.45) is 0. The quantitative estimate of drug-likeness (QED) is 0.735. The topological polar surface area (TPSA) is 67.4 Å². The van der Waals surface area contributed by atoms with Crippen LogP contribution in [0.4, 0.5) is 11.4 Å². The first-order chi connectivity index (χ1) is 11.8. The molecule has 0 spiro atoms. The van der Waals surface area contributed by atoms with Crippen LogP contribution in [0.2, 0.25) is 5.02 Å². The maximum atomic E-state index is 12.5. The molecule has 2 N–H and O–H groups in total. The maximum absolute atomic E-state index is 12.5. The van der Waals surface area contributed by atoms with Gasteiger partial charge < -0.3 is 15.4 Å². The average molecular weight is 424 g/mol. The zero-order chi connectivity index (χ0) is 18.2. The number of hydrogen-bond donors (Lipinski definition) is 2. The molecule has 1 aliphatic rings. The second kappa shape index (κ2) is 6.69. The molecule has 0 saturated heterocycles. The van der Waals surface area contributed by atoms with Crippen molar-refractivity contribution in [2.45, 2.75) is 13.8 Å². The van der Waals surface area contributed by atoms with Crippen LogP contribution in [0.1, 0.15) is 24.2 Å². The molecule has 1 aliphatic heterocycles. The Morgan fingerprint density at radius 2 is 2.04 bits per heavy atom. The molecule has 0 fully saturated rings. The van der Waals surface area contributed by atoms with E-state index in [4.69, 9.17) is 16.3 Å². The number of carbonyl (C=O) groups is 2. The van der Waals surface area contributed by atoms with Gasteiger partial charge in [0.05, 0.1) is 21.7 Å². The third kappa shape index (κ3) is 3.80. The van der Waals surface area contributed by atoms with Crippen molar-refractivity contribution in [1.82, 2.24) is 0 Å². The van der Waals surface area contributed by atoms with Gasteiger partial charge in [0, 0.05) is 16.2 Å². The predicted octanol–water partition coefficient (Wildman–Crippen LogP) is 4.71. The molecule has 5 nitrogen and oxygen atoms in total. The Hall–Kier alpha value is -2.05. The van der Waals surface area contributed by atoms with Crippen molar-refractivity contribution in [1.29, 1.82) is 0 Å². The van der Waals surface area contributed by atoms with Crippen molar-refractivity contribution in [3.05, 3.63) is 51.5 Å². The highest BCUT2D eigenvalue weighted by Gasteiger charge is 2.32. The number of fused-ring (bicyclic) bond motifs is 1. The highest BCUT2D eigenvalue weighted by atomic mass is 79.9. The predicted molar refractivity (Wildman–Crippen MR) is 101 cm³/mol. The molecule has 0 aliphatic carbocycles. The fourth-order valence-electron chi connectivity index (χ4n) is 2.31. The Morgan fingerprint density at radius 1 is 1.28 bits per heavy atom. The minimum Gasteiger partial charge on any atom is -0.490 e. The number of anilines is 2. The first-order valence-electron chi connectivity index (χ1n) is 7.61. The molecule has 25 heavy (non-hydrogen) atoms. The Bertz CT molecular complexity index is 867. The number of rotatable bonds is 2. The molecule has 0 radical (unpaired) electrons. The molecule has 2 amide bonds. The van der Waals surface area contributed by atoms with Gasteiger partial charge in [-0.1, -0.05) is 27.5 Å². The molecule has 2 aromatic rings. The van der Waals surface area contributed by atoms with Gasteiger partial charge in [-0.25, -0.2) is 0 Å². The molecule has 0 atom stereocenters. The van der Waals surface area contributed by atoms with E-state index in [9.17, 15) is 9.59 Å². The largest absolute Gasteiger partial charge is 0.490 e. The molecule has 0 bridgehead atoms. The first kappa shape index (κ1) is 17.8. The molecule has 0 unspecified atom stereocenters. The van der Waals surface area contributed by atoms with Crippen LogP contribution in [0.5, 0.6) is 5.75 Å². The standard InChI is InChI=1S/C18H16BrClN2O3/c1-18(2)9-25-15-8-11(4-6-14(15)22-17(18)24)21-16(23)12-7-10(19)3-5-13(12)20/h3-8H,9H2,1-2H3,(H,21,23)(H,22,24). The van der Waals surface area contributed by atoms with Crippen LogP contribution < -0.4 is 15.4 Å². The summed E-state index contributed by atoms with van der Waals surface area (Å²) in [6, 6.07) is 10.1. The Kier molecular flexibility index (Phi) is 4.75. The number of halogens is 2. The summed E-state index contributed by atoms with van der Waals surface area (Å²) in [6.45, 7) is 3.87. The van der Waals surface area contributed by atoms with Crippen molar-refractivity contribution in [2.75, 3.05) is 17.2 Å². The zero-order valence-electron chi connectivity index (χ0n) is 13.7. The maximum Gasteiger partial charge on any atom is 0.257 e. The van der Waals surface area contributed by atoms with Crippen molar-refractivity contribution in [3.63, 3.8) is 0 Å². The van der Waals surface area contributed by atoms with Crippen molar-refractivity contribution < 1.29 is 14.3 Å². The van der Waals surface area contributed by atoms with E-state index in [1.165, 1.54) is 0 Å². The summed E-state index contributed by atoms with van der Waals surface area (Å²) in [5.41, 5.74) is 0.857. The molecule has 7 heteroatoms. The van der Waals surface area contributed by atoms with Crippen LogP contribution in [0.3, 0.4) is 0 Å². The van der Waals surface area contributed by atoms with Gasteiger partial charge in [-0.15, -0.1) is 0 Å². The van der Waals surface area contributed by atoms with E-state index in [1.54, 1.807) is 36.4 Å². The highest BCUT2D eigenvalue weighted by Crippen LogP contribution is 2.34. The van der Waals surface area contributed by atoms with E-state index in [0.29, 0.717) is 27.7 Å². The second-order valence-corrected chi connectivity index (χ2v) is 7.74. The van der Waals surface area contributed by atoms with E-state index in [2.05, 4.69) is 26.6 Å². The Morgan fingerprint density at radius 3 is 2.80 bits per heavy atom. The van der Waals surface area contributed by atoms with Crippen molar-refractivity contribution in [2.24, 2.45) is 5.41 Å². The fraction of sp³-hybridized carbons (Fsp3) is 0.222. The van der Waals surface area contributed by atoms with Crippen molar-refractivity contribution in [3.8, 4) is 5.75 Å². The van der Waals surface area contributed by atoms with E-state index in [0.717, 1.165) is 4.47 Å². The monoisotopic (exact) mass is 422 g/mol. The van der Waals surface area contributed by atoms with Gasteiger partial charge in [0.2, 0.25) is 5.91 Å². The molecule has 2 aromatic carbocycles. The van der Waals surface area contributed by atoms with Gasteiger partial charge in [-0.3, -0.25) is 9.59 Å². The van der Waals surface area contributed by atoms with Gasteiger partial charge in [-0.05, 0) is 44.2 Å². The third-order valence-corrected chi connectivity index (χ3v) is 4.69. The van der Waals surface area contributed by atoms with Gasteiger partial charge in [0.25, 0.3) is 5.91 Å². The summed E-state index contributed by atoms with van der Waals surface area (Å²) in [5.74, 6) is 0.0743. The zero-order valence-corrected chi connectivity index (χ0v) is 16.0. The van der Waals surface area contributed by atoms with Crippen LogP contribution >= 0.6 is 27.5 Å². The SMILES string of the molecule is CC1(C)COc2cc(NC(=O)c3cc(Br)ccc3Cl)ccc2NC1=O. The lowest BCUT2D eigenvalue weighted by molar-refractivity contribution is -0.124. The van der Waals surface area contributed by atoms with E-state index in [-0.39, 0.29) is 18.4 Å². The lowest BCUT2D eigenvalue weighted by Gasteiger charge is -2.18. The molecule has 0 aromatic heterocycles. The molecule has 0 saturated carbocycles. The molecule has 130 valence electrons. The van der Waals surface area contributed by atoms with Crippen molar-refractivity contribution >= 4 is 50.7 Å². The summed E-state index contributed by atoms with van der Waals surface area (Å²) in [4.78, 5) is 24.6. The fourth-order valence-corrected chi connectivity index (χ4v) is 2.87. The van der Waals surface area contributed by atoms with Gasteiger partial charge >= 0.3 is 0 Å². The molecule has 1 heterocycles. The summed E-state index contributed by atoms with van der Waals surface area (Å²) < 4.78 is 6.50. The minimum atomic E-state index is -0.633. The number of carbonyl (C=O) groups excluding carboxylic acids is 2. The summed E-state index contributed by atoms with van der Waals surface area (Å²) in [7, 11) is 0. The van der Waals surface area contributed by atoms with E-state index < -0.39 is 5.41 Å². The highest BCUT2D eigenvalue weighted by molar-refractivity contribution is 9.10. The normalized spacial score (nSPS) is 15.4. The van der Waals surface area contributed by atoms with Crippen LogP contribution in [0, 0.1) is 5.41 Å². The second-order valence-electron chi connectivity index (χ2n) is 6.42. The number of hydrogen-bond acceptors (Lipinski definition) is 3. The van der Waals surface area contributed by atoms with Gasteiger partial charge in [-0.2, -0.15) is 0 Å². The van der Waals surface area contributed by atoms with Crippen LogP contribution in [0.25, 0.3) is 0 Å². The van der Waals surface area contributed by atoms with E-state index in [1.807, 2.05) is 13.8 Å². The number of ether oxygens (including phenoxy) is 1. The average Bonchev–Trinajstić information content (AvgIpc) is 2.67.